The number of aliphatic carboxylic acids is 1. The second-order valence-electron chi connectivity index (χ2n) is 4.84. The molecule has 1 amide bonds. The van der Waals surface area contributed by atoms with Crippen molar-refractivity contribution in [2.75, 3.05) is 0 Å². The topological polar surface area (TPSA) is 71.3 Å². The van der Waals surface area contributed by atoms with Gasteiger partial charge >= 0.3 is 5.97 Å². The molecule has 1 aromatic heterocycles. The van der Waals surface area contributed by atoms with E-state index in [1.165, 1.54) is 0 Å². The van der Waals surface area contributed by atoms with Crippen LogP contribution in [0.1, 0.15) is 36.7 Å². The molecule has 1 fully saturated rings. The van der Waals surface area contributed by atoms with E-state index >= 15 is 0 Å². The molecule has 0 aliphatic heterocycles. The molecule has 1 aromatic rings. The molecule has 1 aliphatic rings. The minimum Gasteiger partial charge on any atom is -0.481 e. The van der Waals surface area contributed by atoms with E-state index in [9.17, 15) is 9.59 Å². The van der Waals surface area contributed by atoms with Crippen LogP contribution >= 0.6 is 11.6 Å². The van der Waals surface area contributed by atoms with Crippen LogP contribution in [0.25, 0.3) is 0 Å². The summed E-state index contributed by atoms with van der Waals surface area (Å²) in [7, 11) is 0. The summed E-state index contributed by atoms with van der Waals surface area (Å²) in [6.07, 6.45) is 3.62. The van der Waals surface area contributed by atoms with Gasteiger partial charge in [0.2, 0.25) is 0 Å². The number of rotatable bonds is 6. The molecule has 5 nitrogen and oxygen atoms in total. The lowest BCUT2D eigenvalue weighted by Gasteiger charge is -2.16. The SMILES string of the molecule is CCn1cc(Cl)cc1C(=O)NC(CC(=O)O)C1CC1. The summed E-state index contributed by atoms with van der Waals surface area (Å²) >= 11 is 5.89. The molecule has 0 saturated heterocycles. The summed E-state index contributed by atoms with van der Waals surface area (Å²) in [5, 5.41) is 12.2. The van der Waals surface area contributed by atoms with Gasteiger partial charge in [-0.15, -0.1) is 0 Å². The lowest BCUT2D eigenvalue weighted by Crippen LogP contribution is -2.38. The Morgan fingerprint density at radius 3 is 2.79 bits per heavy atom. The van der Waals surface area contributed by atoms with Gasteiger partial charge in [-0.2, -0.15) is 0 Å². The van der Waals surface area contributed by atoms with E-state index in [-0.39, 0.29) is 18.4 Å². The molecule has 0 bridgehead atoms. The zero-order chi connectivity index (χ0) is 14.0. The van der Waals surface area contributed by atoms with Gasteiger partial charge in [-0.05, 0) is 31.7 Å². The fourth-order valence-electron chi connectivity index (χ4n) is 2.19. The molecule has 1 saturated carbocycles. The molecule has 6 heteroatoms. The van der Waals surface area contributed by atoms with Crippen molar-refractivity contribution >= 4 is 23.5 Å². The number of amides is 1. The molecular formula is C13H17ClN2O3. The number of hydrogen-bond donors (Lipinski definition) is 2. The van der Waals surface area contributed by atoms with Crippen LogP contribution < -0.4 is 5.32 Å². The molecule has 19 heavy (non-hydrogen) atoms. The number of nitrogens with one attached hydrogen (secondary N) is 1. The predicted octanol–water partition coefficient (Wildman–Crippen LogP) is 2.14. The monoisotopic (exact) mass is 284 g/mol. The summed E-state index contributed by atoms with van der Waals surface area (Å²) in [6, 6.07) is 1.31. The number of carboxylic acid groups (broad SMARTS) is 1. The first-order valence-corrected chi connectivity index (χ1v) is 6.77. The molecule has 0 radical (unpaired) electrons. The van der Waals surface area contributed by atoms with Crippen molar-refractivity contribution < 1.29 is 14.7 Å². The number of carbonyl (C=O) groups is 2. The Labute approximate surface area is 116 Å². The third kappa shape index (κ3) is 3.50. The maximum absolute atomic E-state index is 12.2. The Bertz CT molecular complexity index is 494. The highest BCUT2D eigenvalue weighted by Crippen LogP contribution is 2.34. The first kappa shape index (κ1) is 13.9. The van der Waals surface area contributed by atoms with Crippen molar-refractivity contribution in [1.82, 2.24) is 9.88 Å². The summed E-state index contributed by atoms with van der Waals surface area (Å²) in [5.74, 6) is -0.853. The molecule has 2 N–H and O–H groups in total. The van der Waals surface area contributed by atoms with Gasteiger partial charge in [-0.3, -0.25) is 9.59 Å². The van der Waals surface area contributed by atoms with Crippen molar-refractivity contribution in [1.29, 1.82) is 0 Å². The van der Waals surface area contributed by atoms with E-state index in [1.54, 1.807) is 16.8 Å². The van der Waals surface area contributed by atoms with Crippen LogP contribution in [-0.2, 0) is 11.3 Å². The predicted molar refractivity (Wildman–Crippen MR) is 71.3 cm³/mol. The first-order valence-electron chi connectivity index (χ1n) is 6.39. The summed E-state index contributed by atoms with van der Waals surface area (Å²) in [6.45, 7) is 2.56. The number of aryl methyl sites for hydroxylation is 1. The molecule has 1 aliphatic carbocycles. The number of halogens is 1. The van der Waals surface area contributed by atoms with Gasteiger partial charge < -0.3 is 15.0 Å². The van der Waals surface area contributed by atoms with Crippen LogP contribution in [-0.4, -0.2) is 27.6 Å². The van der Waals surface area contributed by atoms with Crippen molar-refractivity contribution in [3.63, 3.8) is 0 Å². The Kier molecular flexibility index (Phi) is 4.14. The van der Waals surface area contributed by atoms with E-state index in [1.807, 2.05) is 6.92 Å². The molecule has 2 rings (SSSR count). The Hall–Kier alpha value is -1.49. The summed E-state index contributed by atoms with van der Waals surface area (Å²) < 4.78 is 1.75. The fourth-order valence-corrected chi connectivity index (χ4v) is 2.41. The van der Waals surface area contributed by atoms with E-state index in [0.717, 1.165) is 12.8 Å². The lowest BCUT2D eigenvalue weighted by atomic mass is 10.1. The second-order valence-corrected chi connectivity index (χ2v) is 5.28. The third-order valence-electron chi connectivity index (χ3n) is 3.34. The first-order chi connectivity index (χ1) is 9.01. The van der Waals surface area contributed by atoms with Gasteiger partial charge in [-0.25, -0.2) is 0 Å². The molecule has 104 valence electrons. The molecule has 0 spiro atoms. The summed E-state index contributed by atoms with van der Waals surface area (Å²) in [5.41, 5.74) is 0.475. The normalized spacial score (nSPS) is 16.1. The van der Waals surface area contributed by atoms with Crippen molar-refractivity contribution in [3.05, 3.63) is 23.0 Å². The molecule has 0 aromatic carbocycles. The largest absolute Gasteiger partial charge is 0.481 e. The zero-order valence-electron chi connectivity index (χ0n) is 10.7. The van der Waals surface area contributed by atoms with E-state index in [2.05, 4.69) is 5.32 Å². The van der Waals surface area contributed by atoms with Gasteiger partial charge in [0, 0.05) is 18.8 Å². The summed E-state index contributed by atoms with van der Waals surface area (Å²) in [4.78, 5) is 23.0. The van der Waals surface area contributed by atoms with E-state index in [0.29, 0.717) is 23.2 Å². The fraction of sp³-hybridized carbons (Fsp3) is 0.538. The number of carbonyl (C=O) groups excluding carboxylic acids is 1. The van der Waals surface area contributed by atoms with Gasteiger partial charge in [0.15, 0.2) is 0 Å². The van der Waals surface area contributed by atoms with Gasteiger partial charge in [-0.1, -0.05) is 11.6 Å². The molecule has 1 heterocycles. The highest BCUT2D eigenvalue weighted by Gasteiger charge is 2.34. The Morgan fingerprint density at radius 2 is 2.26 bits per heavy atom. The smallest absolute Gasteiger partial charge is 0.305 e. The maximum atomic E-state index is 12.2. The van der Waals surface area contributed by atoms with E-state index in [4.69, 9.17) is 16.7 Å². The second kappa shape index (κ2) is 5.65. The standard InChI is InChI=1S/C13H17ClN2O3/c1-2-16-7-9(14)5-11(16)13(19)15-10(6-12(17)18)8-3-4-8/h5,7-8,10H,2-4,6H2,1H3,(H,15,19)(H,17,18). The number of hydrogen-bond acceptors (Lipinski definition) is 2. The van der Waals surface area contributed by atoms with Gasteiger partial charge in [0.25, 0.3) is 5.91 Å². The Balaban J connectivity index is 2.07. The molecule has 1 unspecified atom stereocenters. The quantitative estimate of drug-likeness (QED) is 0.841. The lowest BCUT2D eigenvalue weighted by molar-refractivity contribution is -0.137. The average Bonchev–Trinajstić information content (AvgIpc) is 3.10. The average molecular weight is 285 g/mol. The van der Waals surface area contributed by atoms with E-state index < -0.39 is 5.97 Å². The maximum Gasteiger partial charge on any atom is 0.305 e. The van der Waals surface area contributed by atoms with Crippen LogP contribution in [0.2, 0.25) is 5.02 Å². The van der Waals surface area contributed by atoms with Gasteiger partial charge in [0.1, 0.15) is 5.69 Å². The van der Waals surface area contributed by atoms with Crippen LogP contribution in [0.5, 0.6) is 0 Å². The minimum atomic E-state index is -0.888. The number of carboxylic acids is 1. The Morgan fingerprint density at radius 1 is 1.58 bits per heavy atom. The molecule has 1 atom stereocenters. The van der Waals surface area contributed by atoms with Crippen LogP contribution in [0.4, 0.5) is 0 Å². The van der Waals surface area contributed by atoms with Crippen LogP contribution in [0.15, 0.2) is 12.3 Å². The number of aromatic nitrogens is 1. The van der Waals surface area contributed by atoms with Crippen LogP contribution in [0.3, 0.4) is 0 Å². The van der Waals surface area contributed by atoms with Crippen LogP contribution in [0, 0.1) is 5.92 Å². The van der Waals surface area contributed by atoms with Gasteiger partial charge in [0.05, 0.1) is 11.4 Å². The molecular weight excluding hydrogens is 268 g/mol. The zero-order valence-corrected chi connectivity index (χ0v) is 11.5. The third-order valence-corrected chi connectivity index (χ3v) is 3.55. The van der Waals surface area contributed by atoms with Crippen molar-refractivity contribution in [3.8, 4) is 0 Å². The van der Waals surface area contributed by atoms with Crippen molar-refractivity contribution in [2.24, 2.45) is 5.92 Å². The number of nitrogens with zero attached hydrogens (tertiary/aromatic N) is 1. The highest BCUT2D eigenvalue weighted by molar-refractivity contribution is 6.31. The highest BCUT2D eigenvalue weighted by atomic mass is 35.5. The minimum absolute atomic E-state index is 0.0308. The van der Waals surface area contributed by atoms with Crippen molar-refractivity contribution in [2.45, 2.75) is 38.8 Å².